The molecule has 0 saturated heterocycles. The molecule has 1 heterocycles. The maximum absolute atomic E-state index is 12.8. The van der Waals surface area contributed by atoms with Crippen molar-refractivity contribution in [2.75, 3.05) is 0 Å². The van der Waals surface area contributed by atoms with Crippen molar-refractivity contribution >= 4 is 11.8 Å². The van der Waals surface area contributed by atoms with Crippen LogP contribution in [0.3, 0.4) is 0 Å². The molecule has 146 valence electrons. The first-order chi connectivity index (χ1) is 12.5. The van der Waals surface area contributed by atoms with Crippen molar-refractivity contribution in [2.24, 2.45) is 0 Å². The van der Waals surface area contributed by atoms with Crippen molar-refractivity contribution in [1.82, 2.24) is 4.98 Å². The smallest absolute Gasteiger partial charge is 0.439 e. The van der Waals surface area contributed by atoms with Crippen molar-refractivity contribution in [2.45, 2.75) is 25.5 Å². The highest BCUT2D eigenvalue weighted by molar-refractivity contribution is 8.03. The maximum Gasteiger partial charge on any atom is 0.449 e. The Balaban J connectivity index is 2.23. The molecular weight excluding hydrogens is 396 g/mol. The first-order valence-corrected chi connectivity index (χ1v) is 8.21. The molecule has 0 saturated carbocycles. The van der Waals surface area contributed by atoms with E-state index in [1.54, 1.807) is 6.92 Å². The minimum atomic E-state index is -4.54. The Morgan fingerprint density at radius 2 is 1.70 bits per heavy atom. The average molecular weight is 409 g/mol. The van der Waals surface area contributed by atoms with Gasteiger partial charge in [-0.2, -0.15) is 31.3 Å². The highest BCUT2D eigenvalue weighted by atomic mass is 32.2. The van der Waals surface area contributed by atoms with Crippen LogP contribution in [0.25, 0.3) is 0 Å². The van der Waals surface area contributed by atoms with Crippen LogP contribution in [0.15, 0.2) is 47.6 Å². The molecule has 3 nitrogen and oxygen atoms in total. The predicted octanol–water partition coefficient (Wildman–Crippen LogP) is 6.69. The highest BCUT2D eigenvalue weighted by Crippen LogP contribution is 2.37. The third-order valence-electron chi connectivity index (χ3n) is 2.96. The van der Waals surface area contributed by atoms with E-state index in [0.717, 1.165) is 18.2 Å². The fourth-order valence-electron chi connectivity index (χ4n) is 1.92. The van der Waals surface area contributed by atoms with Crippen LogP contribution in [0.2, 0.25) is 0 Å². The number of thioether (sulfide) groups is 1. The molecule has 1 aromatic carbocycles. The molecule has 0 fully saturated rings. The normalized spacial score (nSPS) is 12.8. The molecule has 27 heavy (non-hydrogen) atoms. The van der Waals surface area contributed by atoms with Crippen molar-refractivity contribution in [3.63, 3.8) is 0 Å². The molecule has 0 aliphatic carbocycles. The number of aromatic nitrogens is 1. The molecule has 0 atom stereocenters. The van der Waals surface area contributed by atoms with Gasteiger partial charge in [0.15, 0.2) is 5.09 Å². The van der Waals surface area contributed by atoms with Crippen molar-refractivity contribution < 1.29 is 35.8 Å². The summed E-state index contributed by atoms with van der Waals surface area (Å²) in [6, 6.07) is 6.94. The summed E-state index contributed by atoms with van der Waals surface area (Å²) in [5.41, 5.74) is -4.90. The average Bonchev–Trinajstić information content (AvgIpc) is 2.51. The zero-order valence-corrected chi connectivity index (χ0v) is 14.8. The minimum absolute atomic E-state index is 0.114. The summed E-state index contributed by atoms with van der Waals surface area (Å²) >= 11 is -0.450. The number of rotatable bonds is 5. The van der Waals surface area contributed by atoms with E-state index < -0.39 is 34.1 Å². The number of pyridine rings is 1. The molecule has 2 rings (SSSR count). The summed E-state index contributed by atoms with van der Waals surface area (Å²) in [6.45, 7) is 2.98. The minimum Gasteiger partial charge on any atom is -0.439 e. The van der Waals surface area contributed by atoms with E-state index in [9.17, 15) is 26.3 Å². The Kier molecular flexibility index (Phi) is 6.30. The second-order valence-corrected chi connectivity index (χ2v) is 6.28. The molecule has 0 N–H and O–H groups in total. The number of nitrogens with zero attached hydrogens (tertiary/aromatic N) is 1. The Bertz CT molecular complexity index is 833. The summed E-state index contributed by atoms with van der Waals surface area (Å²) < 4.78 is 86.1. The second kappa shape index (κ2) is 8.12. The fraction of sp³-hybridized carbons (Fsp3) is 0.235. The number of alkyl halides is 6. The molecule has 10 heteroatoms. The van der Waals surface area contributed by atoms with Gasteiger partial charge in [-0.1, -0.05) is 6.07 Å². The van der Waals surface area contributed by atoms with Gasteiger partial charge in [-0.3, -0.25) is 0 Å². The lowest BCUT2D eigenvalue weighted by molar-refractivity contribution is -0.137. The van der Waals surface area contributed by atoms with Crippen LogP contribution in [0.1, 0.15) is 18.1 Å². The number of ether oxygens (including phenoxy) is 2. The second-order valence-electron chi connectivity index (χ2n) is 5.21. The first-order valence-electron chi connectivity index (χ1n) is 7.40. The monoisotopic (exact) mass is 409 g/mol. The summed E-state index contributed by atoms with van der Waals surface area (Å²) in [4.78, 5) is 3.89. The maximum atomic E-state index is 12.8. The van der Waals surface area contributed by atoms with Gasteiger partial charge < -0.3 is 9.47 Å². The van der Waals surface area contributed by atoms with Crippen LogP contribution in [-0.4, -0.2) is 10.5 Å². The molecule has 0 aliphatic rings. The highest BCUT2D eigenvalue weighted by Gasteiger charge is 2.32. The van der Waals surface area contributed by atoms with E-state index in [1.165, 1.54) is 31.2 Å². The van der Waals surface area contributed by atoms with E-state index in [-0.39, 0.29) is 17.5 Å². The quantitative estimate of drug-likeness (QED) is 0.407. The van der Waals surface area contributed by atoms with Gasteiger partial charge in [-0.25, -0.2) is 0 Å². The molecule has 0 amide bonds. The van der Waals surface area contributed by atoms with Gasteiger partial charge in [0, 0.05) is 23.9 Å². The lowest BCUT2D eigenvalue weighted by atomic mass is 10.2. The standard InChI is InChI=1S/C17H13F6NO2S/c1-3-15(27-17(21,22)23)26-14-8-10(2)7-13(24-14)25-12-6-4-5-11(9-12)16(18,19)20/h3-9H,1-2H3. The summed E-state index contributed by atoms with van der Waals surface area (Å²) in [6.07, 6.45) is -3.42. The molecule has 0 aliphatic heterocycles. The van der Waals surface area contributed by atoms with E-state index >= 15 is 0 Å². The first kappa shape index (κ1) is 20.9. The molecule has 0 radical (unpaired) electrons. The number of hydrogen-bond donors (Lipinski definition) is 0. The van der Waals surface area contributed by atoms with Gasteiger partial charge in [0.05, 0.1) is 5.56 Å². The van der Waals surface area contributed by atoms with Crippen LogP contribution >= 0.6 is 11.8 Å². The zero-order chi connectivity index (χ0) is 20.2. The summed E-state index contributed by atoms with van der Waals surface area (Å²) in [5, 5.41) is -0.439. The van der Waals surface area contributed by atoms with Crippen molar-refractivity contribution in [3.8, 4) is 17.5 Å². The third-order valence-corrected chi connectivity index (χ3v) is 3.72. The van der Waals surface area contributed by atoms with Crippen LogP contribution in [0.5, 0.6) is 17.5 Å². The van der Waals surface area contributed by atoms with Gasteiger partial charge >= 0.3 is 11.7 Å². The number of halogens is 6. The van der Waals surface area contributed by atoms with Crippen LogP contribution in [-0.2, 0) is 6.18 Å². The molecular formula is C17H13F6NO2S. The lowest BCUT2D eigenvalue weighted by Gasteiger charge is -2.13. The Hall–Kier alpha value is -2.36. The molecule has 0 unspecified atom stereocenters. The third kappa shape index (κ3) is 6.70. The topological polar surface area (TPSA) is 31.4 Å². The number of benzene rings is 1. The van der Waals surface area contributed by atoms with Crippen LogP contribution < -0.4 is 9.47 Å². The molecule has 2 aromatic rings. The van der Waals surface area contributed by atoms with Gasteiger partial charge in [-0.15, -0.1) is 0 Å². The van der Waals surface area contributed by atoms with E-state index in [0.29, 0.717) is 5.56 Å². The fourth-order valence-corrected chi connectivity index (χ4v) is 2.39. The van der Waals surface area contributed by atoms with E-state index in [4.69, 9.17) is 9.47 Å². The summed E-state index contributed by atoms with van der Waals surface area (Å²) in [5.74, 6) is -0.414. The summed E-state index contributed by atoms with van der Waals surface area (Å²) in [7, 11) is 0. The Morgan fingerprint density at radius 1 is 1.04 bits per heavy atom. The van der Waals surface area contributed by atoms with E-state index in [1.807, 2.05) is 0 Å². The van der Waals surface area contributed by atoms with Crippen molar-refractivity contribution in [1.29, 1.82) is 0 Å². The molecule has 0 spiro atoms. The van der Waals surface area contributed by atoms with Crippen LogP contribution in [0, 0.1) is 6.92 Å². The number of aryl methyl sites for hydroxylation is 1. The van der Waals surface area contributed by atoms with Crippen LogP contribution in [0.4, 0.5) is 26.3 Å². The SMILES string of the molecule is CC=C(Oc1cc(C)cc(Oc2cccc(C(F)(F)F)c2)n1)SC(F)(F)F. The largest absolute Gasteiger partial charge is 0.449 e. The number of allylic oxidation sites excluding steroid dienone is 1. The molecule has 0 bridgehead atoms. The van der Waals surface area contributed by atoms with Gasteiger partial charge in [0.25, 0.3) is 0 Å². The number of hydrogen-bond acceptors (Lipinski definition) is 4. The Labute approximate surface area is 155 Å². The van der Waals surface area contributed by atoms with E-state index in [2.05, 4.69) is 4.98 Å². The van der Waals surface area contributed by atoms with Crippen molar-refractivity contribution in [3.05, 3.63) is 58.7 Å². The van der Waals surface area contributed by atoms with Gasteiger partial charge in [-0.05, 0) is 43.7 Å². The Morgan fingerprint density at radius 3 is 2.30 bits per heavy atom. The lowest BCUT2D eigenvalue weighted by Crippen LogP contribution is -2.05. The van der Waals surface area contributed by atoms with Gasteiger partial charge in [0.1, 0.15) is 5.75 Å². The molecule has 1 aromatic heterocycles. The zero-order valence-electron chi connectivity index (χ0n) is 14.0. The predicted molar refractivity (Wildman–Crippen MR) is 88.5 cm³/mol. The van der Waals surface area contributed by atoms with Gasteiger partial charge in [0.2, 0.25) is 11.8 Å².